The van der Waals surface area contributed by atoms with Crippen molar-refractivity contribution in [2.75, 3.05) is 14.1 Å². The van der Waals surface area contributed by atoms with Crippen molar-refractivity contribution in [3.63, 3.8) is 0 Å². The van der Waals surface area contributed by atoms with Crippen LogP contribution in [0.15, 0.2) is 70.9 Å². The lowest BCUT2D eigenvalue weighted by molar-refractivity contribution is 0.544. The highest BCUT2D eigenvalue weighted by molar-refractivity contribution is 6.73. The number of hydrogen-bond acceptors (Lipinski definition) is 4. The summed E-state index contributed by atoms with van der Waals surface area (Å²) >= 11 is 0. The fourth-order valence-corrected chi connectivity index (χ4v) is 3.51. The van der Waals surface area contributed by atoms with Gasteiger partial charge in [0.15, 0.2) is 16.5 Å². The Morgan fingerprint density at radius 1 is 0.600 bits per heavy atom. The van der Waals surface area contributed by atoms with Gasteiger partial charge in [0, 0.05) is 14.1 Å². The van der Waals surface area contributed by atoms with E-state index >= 15 is 0 Å². The molecular formula is C24H38N4Si2. The van der Waals surface area contributed by atoms with Gasteiger partial charge >= 0.3 is 0 Å². The zero-order valence-electron chi connectivity index (χ0n) is 20.0. The Bertz CT molecular complexity index is 777. The molecule has 0 radical (unpaired) electrons. The minimum absolute atomic E-state index is 0.853. The van der Waals surface area contributed by atoms with Crippen LogP contribution in [0, 0.1) is 0 Å². The first kappa shape index (κ1) is 24.1. The smallest absolute Gasteiger partial charge is 0.168 e. The van der Waals surface area contributed by atoms with E-state index in [9.17, 15) is 0 Å². The van der Waals surface area contributed by atoms with Gasteiger partial charge in [0.25, 0.3) is 0 Å². The van der Waals surface area contributed by atoms with E-state index in [-0.39, 0.29) is 0 Å². The summed E-state index contributed by atoms with van der Waals surface area (Å²) in [5, 5.41) is 10.1. The zero-order chi connectivity index (χ0) is 22.4. The third kappa shape index (κ3) is 7.25. The lowest BCUT2D eigenvalue weighted by atomic mass is 10.0. The quantitative estimate of drug-likeness (QED) is 0.269. The van der Waals surface area contributed by atoms with Gasteiger partial charge in [0.1, 0.15) is 0 Å². The van der Waals surface area contributed by atoms with Crippen molar-refractivity contribution < 1.29 is 0 Å². The molecule has 0 aliphatic carbocycles. The summed E-state index contributed by atoms with van der Waals surface area (Å²) in [6.45, 7) is 13.9. The van der Waals surface area contributed by atoms with E-state index in [1.165, 1.54) is 11.1 Å². The van der Waals surface area contributed by atoms with Crippen LogP contribution in [0.25, 0.3) is 0 Å². The van der Waals surface area contributed by atoms with E-state index < -0.39 is 16.5 Å². The minimum atomic E-state index is -1.51. The fourth-order valence-electron chi connectivity index (χ4n) is 2.66. The largest absolute Gasteiger partial charge is 0.327 e. The standard InChI is InChI=1S/C24H38N4Si2/c1-27(29(3,4)5)25-23(21-15-11-9-12-16-21)19-20-24(22-17-13-10-14-18-22)26-28(2)30(6,7)8/h9-18H,19-20H2,1-8H3/b25-23-,26-24-. The van der Waals surface area contributed by atoms with Crippen LogP contribution in [0.1, 0.15) is 24.0 Å². The molecule has 0 heterocycles. The molecule has 0 amide bonds. The molecule has 0 aromatic heterocycles. The van der Waals surface area contributed by atoms with Gasteiger partial charge in [-0.3, -0.25) is 0 Å². The molecule has 0 atom stereocenters. The minimum Gasteiger partial charge on any atom is -0.327 e. The molecule has 0 spiro atoms. The highest BCUT2D eigenvalue weighted by atomic mass is 28.3. The monoisotopic (exact) mass is 438 g/mol. The van der Waals surface area contributed by atoms with Crippen LogP contribution >= 0.6 is 0 Å². The Morgan fingerprint density at radius 3 is 1.17 bits per heavy atom. The Hall–Kier alpha value is -2.19. The van der Waals surface area contributed by atoms with Gasteiger partial charge in [-0.1, -0.05) is 99.9 Å². The van der Waals surface area contributed by atoms with Crippen molar-refractivity contribution in [2.45, 2.75) is 52.1 Å². The Balaban J connectivity index is 2.37. The van der Waals surface area contributed by atoms with Crippen molar-refractivity contribution in [1.82, 2.24) is 9.35 Å². The Morgan fingerprint density at radius 2 is 0.900 bits per heavy atom. The molecule has 2 aromatic rings. The lowest BCUT2D eigenvalue weighted by Crippen LogP contribution is -2.40. The van der Waals surface area contributed by atoms with Crippen molar-refractivity contribution in [1.29, 1.82) is 0 Å². The van der Waals surface area contributed by atoms with Gasteiger partial charge in [0.2, 0.25) is 0 Å². The lowest BCUT2D eigenvalue weighted by Gasteiger charge is -2.29. The van der Waals surface area contributed by atoms with Crippen molar-refractivity contribution in [3.8, 4) is 0 Å². The van der Waals surface area contributed by atoms with Crippen LogP contribution in [0.4, 0.5) is 0 Å². The molecule has 0 saturated carbocycles. The van der Waals surface area contributed by atoms with E-state index in [2.05, 4.69) is 123 Å². The van der Waals surface area contributed by atoms with Crippen molar-refractivity contribution in [3.05, 3.63) is 71.8 Å². The summed E-state index contributed by atoms with van der Waals surface area (Å²) in [7, 11) is 1.19. The van der Waals surface area contributed by atoms with Crippen LogP contribution in [-0.2, 0) is 0 Å². The van der Waals surface area contributed by atoms with Crippen LogP contribution in [0.5, 0.6) is 0 Å². The normalized spacial score (nSPS) is 13.3. The molecule has 0 aliphatic rings. The second kappa shape index (κ2) is 10.2. The molecule has 0 bridgehead atoms. The molecule has 0 N–H and O–H groups in total. The Kier molecular flexibility index (Phi) is 8.20. The van der Waals surface area contributed by atoms with Gasteiger partial charge in [0.05, 0.1) is 11.4 Å². The maximum Gasteiger partial charge on any atom is 0.168 e. The number of hydrogen-bond donors (Lipinski definition) is 0. The number of benzene rings is 2. The summed E-state index contributed by atoms with van der Waals surface area (Å²) < 4.78 is 4.39. The number of nitrogens with zero attached hydrogens (tertiary/aromatic N) is 4. The van der Waals surface area contributed by atoms with E-state index in [1.807, 2.05) is 0 Å². The molecule has 162 valence electrons. The molecule has 2 rings (SSSR count). The van der Waals surface area contributed by atoms with E-state index in [0.717, 1.165) is 24.3 Å². The van der Waals surface area contributed by atoms with E-state index in [1.54, 1.807) is 0 Å². The molecule has 0 aliphatic heterocycles. The van der Waals surface area contributed by atoms with Crippen LogP contribution in [-0.4, -0.2) is 51.3 Å². The second-order valence-electron chi connectivity index (χ2n) is 9.71. The van der Waals surface area contributed by atoms with Gasteiger partial charge < -0.3 is 9.35 Å². The molecule has 0 saturated heterocycles. The summed E-state index contributed by atoms with van der Waals surface area (Å²) in [5.74, 6) is 0. The predicted molar refractivity (Wildman–Crippen MR) is 137 cm³/mol. The predicted octanol–water partition coefficient (Wildman–Crippen LogP) is 6.11. The first-order valence-corrected chi connectivity index (χ1v) is 17.6. The summed E-state index contributed by atoms with van der Waals surface area (Å²) in [4.78, 5) is 0. The maximum atomic E-state index is 5.06. The second-order valence-corrected chi connectivity index (χ2v) is 19.7. The van der Waals surface area contributed by atoms with E-state index in [4.69, 9.17) is 10.2 Å². The van der Waals surface area contributed by atoms with Crippen LogP contribution < -0.4 is 0 Å². The summed E-state index contributed by atoms with van der Waals surface area (Å²) in [6, 6.07) is 21.1. The van der Waals surface area contributed by atoms with Gasteiger partial charge in [-0.25, -0.2) is 0 Å². The molecule has 30 heavy (non-hydrogen) atoms. The molecule has 2 aromatic carbocycles. The highest BCUT2D eigenvalue weighted by Gasteiger charge is 2.22. The average Bonchev–Trinajstić information content (AvgIpc) is 2.69. The number of hydrazone groups is 2. The number of rotatable bonds is 9. The Labute approximate surface area is 185 Å². The van der Waals surface area contributed by atoms with Crippen LogP contribution in [0.3, 0.4) is 0 Å². The molecule has 6 heteroatoms. The summed E-state index contributed by atoms with van der Waals surface area (Å²) in [5.41, 5.74) is 4.63. The first-order valence-electron chi connectivity index (χ1n) is 10.7. The fraction of sp³-hybridized carbons (Fsp3) is 0.417. The van der Waals surface area contributed by atoms with Crippen LogP contribution in [0.2, 0.25) is 39.3 Å². The van der Waals surface area contributed by atoms with Gasteiger partial charge in [-0.2, -0.15) is 10.2 Å². The molecular weight excluding hydrogens is 400 g/mol. The topological polar surface area (TPSA) is 31.2 Å². The molecule has 0 fully saturated rings. The van der Waals surface area contributed by atoms with E-state index in [0.29, 0.717) is 0 Å². The SMILES string of the molecule is CN(/N=C(/CC/C(=N/N(C)[Si](C)(C)C)c1ccccc1)c1ccccc1)[Si](C)(C)C. The van der Waals surface area contributed by atoms with Crippen molar-refractivity contribution >= 4 is 27.9 Å². The highest BCUT2D eigenvalue weighted by Crippen LogP contribution is 2.17. The summed E-state index contributed by atoms with van der Waals surface area (Å²) in [6.07, 6.45) is 1.71. The maximum absolute atomic E-state index is 5.06. The van der Waals surface area contributed by atoms with Gasteiger partial charge in [-0.15, -0.1) is 0 Å². The van der Waals surface area contributed by atoms with Gasteiger partial charge in [-0.05, 0) is 24.0 Å². The zero-order valence-corrected chi connectivity index (χ0v) is 22.0. The molecule has 4 nitrogen and oxygen atoms in total. The van der Waals surface area contributed by atoms with Crippen molar-refractivity contribution in [2.24, 2.45) is 10.2 Å². The first-order chi connectivity index (χ1) is 14.0. The third-order valence-electron chi connectivity index (χ3n) is 5.30. The molecule has 0 unspecified atom stereocenters. The average molecular weight is 439 g/mol. The third-order valence-corrected chi connectivity index (χ3v) is 9.38.